The predicted molar refractivity (Wildman–Crippen MR) is 112 cm³/mol. The summed E-state index contributed by atoms with van der Waals surface area (Å²) in [5.41, 5.74) is 0.565. The molecule has 31 heavy (non-hydrogen) atoms. The number of esters is 1. The molecule has 1 N–H and O–H groups in total. The van der Waals surface area contributed by atoms with Gasteiger partial charge in [-0.25, -0.2) is 19.2 Å². The van der Waals surface area contributed by atoms with Crippen molar-refractivity contribution in [2.45, 2.75) is 40.2 Å². The first kappa shape index (κ1) is 22.1. The van der Waals surface area contributed by atoms with E-state index in [2.05, 4.69) is 20.3 Å². The fourth-order valence-electron chi connectivity index (χ4n) is 3.07. The molecule has 3 aromatic rings. The molecule has 0 spiro atoms. The fourth-order valence-corrected chi connectivity index (χ4v) is 3.07. The highest BCUT2D eigenvalue weighted by Crippen LogP contribution is 2.27. The van der Waals surface area contributed by atoms with E-state index in [-0.39, 0.29) is 36.7 Å². The number of fused-ring (bicyclic) bond motifs is 1. The highest BCUT2D eigenvalue weighted by atomic mass is 19.1. The molecule has 0 aliphatic heterocycles. The number of pyridine rings is 2. The van der Waals surface area contributed by atoms with Crippen molar-refractivity contribution in [3.05, 3.63) is 57.8 Å². The van der Waals surface area contributed by atoms with E-state index in [1.54, 1.807) is 13.8 Å². The van der Waals surface area contributed by atoms with Gasteiger partial charge in [-0.15, -0.1) is 4.73 Å². The van der Waals surface area contributed by atoms with Gasteiger partial charge in [-0.05, 0) is 31.9 Å². The number of carbonyl (C=O) groups excluding carboxylic acids is 1. The van der Waals surface area contributed by atoms with Crippen LogP contribution in [-0.2, 0) is 11.3 Å². The van der Waals surface area contributed by atoms with Crippen LogP contribution in [0.4, 0.5) is 10.1 Å². The highest BCUT2D eigenvalue weighted by molar-refractivity contribution is 6.04. The minimum Gasteiger partial charge on any atom is -0.462 e. The number of aryl methyl sites for hydroxylation is 1. The van der Waals surface area contributed by atoms with Crippen LogP contribution in [0.15, 0.2) is 29.6 Å². The zero-order valence-electron chi connectivity index (χ0n) is 17.6. The van der Waals surface area contributed by atoms with Gasteiger partial charge in [0, 0.05) is 12.7 Å². The summed E-state index contributed by atoms with van der Waals surface area (Å²) in [5, 5.41) is 3.49. The SMILES string of the molecule is CCCCOn1c(=O)c(C(=O)OCC)c(NCc2cncc(F)c2)c2c(C)ncnc21. The molecule has 0 unspecified atom stereocenters. The van der Waals surface area contributed by atoms with Crippen molar-refractivity contribution in [3.63, 3.8) is 0 Å². The molecule has 0 atom stereocenters. The van der Waals surface area contributed by atoms with Gasteiger partial charge in [-0.2, -0.15) is 0 Å². The van der Waals surface area contributed by atoms with Crippen molar-refractivity contribution in [3.8, 4) is 0 Å². The smallest absolute Gasteiger partial charge is 0.346 e. The second kappa shape index (κ2) is 9.96. The zero-order valence-corrected chi connectivity index (χ0v) is 17.6. The Kier molecular flexibility index (Phi) is 7.11. The summed E-state index contributed by atoms with van der Waals surface area (Å²) in [4.78, 5) is 43.9. The minimum absolute atomic E-state index is 0.0878. The third kappa shape index (κ3) is 4.79. The van der Waals surface area contributed by atoms with Crippen LogP contribution < -0.4 is 15.7 Å². The Balaban J connectivity index is 2.19. The summed E-state index contributed by atoms with van der Waals surface area (Å²) in [5.74, 6) is -1.29. The molecular formula is C21H24FN5O4. The van der Waals surface area contributed by atoms with Crippen molar-refractivity contribution in [1.82, 2.24) is 19.7 Å². The van der Waals surface area contributed by atoms with E-state index in [0.29, 0.717) is 16.6 Å². The van der Waals surface area contributed by atoms with Crippen LogP contribution in [0.2, 0.25) is 0 Å². The van der Waals surface area contributed by atoms with Crippen molar-refractivity contribution in [2.24, 2.45) is 0 Å². The number of hydrogen-bond donors (Lipinski definition) is 1. The Morgan fingerprint density at radius 3 is 2.77 bits per heavy atom. The molecular weight excluding hydrogens is 405 g/mol. The Bertz CT molecular complexity index is 1150. The molecule has 0 amide bonds. The zero-order chi connectivity index (χ0) is 22.4. The number of rotatable bonds is 9. The third-order valence-corrected chi connectivity index (χ3v) is 4.54. The van der Waals surface area contributed by atoms with Gasteiger partial charge in [-0.1, -0.05) is 13.3 Å². The lowest BCUT2D eigenvalue weighted by molar-refractivity contribution is 0.0515. The average molecular weight is 429 g/mol. The van der Waals surface area contributed by atoms with Gasteiger partial charge < -0.3 is 14.9 Å². The lowest BCUT2D eigenvalue weighted by Gasteiger charge is -2.18. The van der Waals surface area contributed by atoms with Crippen LogP contribution in [0.1, 0.15) is 48.3 Å². The maximum atomic E-state index is 13.5. The number of ether oxygens (including phenoxy) is 1. The van der Waals surface area contributed by atoms with E-state index in [0.717, 1.165) is 23.8 Å². The molecule has 0 saturated carbocycles. The number of halogens is 1. The molecule has 3 aromatic heterocycles. The molecule has 10 heteroatoms. The second-order valence-corrected chi connectivity index (χ2v) is 6.78. The topological polar surface area (TPSA) is 108 Å². The van der Waals surface area contributed by atoms with Crippen molar-refractivity contribution >= 4 is 22.7 Å². The van der Waals surface area contributed by atoms with Crippen LogP contribution in [0.5, 0.6) is 0 Å². The molecule has 9 nitrogen and oxygen atoms in total. The molecule has 164 valence electrons. The van der Waals surface area contributed by atoms with Gasteiger partial charge in [0.2, 0.25) is 0 Å². The first-order chi connectivity index (χ1) is 15.0. The first-order valence-electron chi connectivity index (χ1n) is 10.0. The molecule has 3 rings (SSSR count). The van der Waals surface area contributed by atoms with Crippen LogP contribution in [0.3, 0.4) is 0 Å². The van der Waals surface area contributed by atoms with Gasteiger partial charge in [-0.3, -0.25) is 9.78 Å². The summed E-state index contributed by atoms with van der Waals surface area (Å²) in [6.07, 6.45) is 5.49. The lowest BCUT2D eigenvalue weighted by Crippen LogP contribution is -2.34. The second-order valence-electron chi connectivity index (χ2n) is 6.78. The number of anilines is 1. The maximum absolute atomic E-state index is 13.5. The van der Waals surface area contributed by atoms with Gasteiger partial charge in [0.25, 0.3) is 0 Å². The number of nitrogens with zero attached hydrogens (tertiary/aromatic N) is 4. The van der Waals surface area contributed by atoms with Crippen LogP contribution in [-0.4, -0.2) is 38.9 Å². The largest absolute Gasteiger partial charge is 0.462 e. The monoisotopic (exact) mass is 429 g/mol. The van der Waals surface area contributed by atoms with Crippen LogP contribution in [0.25, 0.3) is 11.0 Å². The van der Waals surface area contributed by atoms with Crippen LogP contribution >= 0.6 is 0 Å². The molecule has 0 aromatic carbocycles. The average Bonchev–Trinajstić information content (AvgIpc) is 2.74. The molecule has 3 heterocycles. The van der Waals surface area contributed by atoms with Crippen molar-refractivity contribution < 1.29 is 18.8 Å². The van der Waals surface area contributed by atoms with Gasteiger partial charge in [0.15, 0.2) is 11.2 Å². The van der Waals surface area contributed by atoms with Crippen molar-refractivity contribution in [2.75, 3.05) is 18.5 Å². The van der Waals surface area contributed by atoms with E-state index in [4.69, 9.17) is 9.57 Å². The standard InChI is InChI=1S/C21H24FN5O4/c1-4-6-7-31-27-19-16(13(3)25-12-26-19)18(17(20(27)28)21(29)30-5-2)24-10-14-8-15(22)11-23-9-14/h8-9,11-12,24H,4-7,10H2,1-3H3. The summed E-state index contributed by atoms with van der Waals surface area (Å²) >= 11 is 0. The normalized spacial score (nSPS) is 10.8. The molecule has 0 saturated heterocycles. The number of aromatic nitrogens is 4. The number of nitrogens with one attached hydrogen (secondary N) is 1. The Hall–Kier alpha value is -3.56. The Labute approximate surface area is 178 Å². The van der Waals surface area contributed by atoms with E-state index < -0.39 is 17.3 Å². The Morgan fingerprint density at radius 2 is 2.06 bits per heavy atom. The van der Waals surface area contributed by atoms with E-state index in [1.807, 2.05) is 6.92 Å². The quantitative estimate of drug-likeness (QED) is 0.409. The highest BCUT2D eigenvalue weighted by Gasteiger charge is 2.26. The summed E-state index contributed by atoms with van der Waals surface area (Å²) in [6.45, 7) is 5.85. The summed E-state index contributed by atoms with van der Waals surface area (Å²) in [7, 11) is 0. The lowest BCUT2D eigenvalue weighted by atomic mass is 10.1. The molecule has 0 aliphatic carbocycles. The van der Waals surface area contributed by atoms with Gasteiger partial charge >= 0.3 is 11.5 Å². The first-order valence-corrected chi connectivity index (χ1v) is 10.0. The summed E-state index contributed by atoms with van der Waals surface area (Å²) < 4.78 is 19.7. The minimum atomic E-state index is -0.801. The van der Waals surface area contributed by atoms with E-state index >= 15 is 0 Å². The fraction of sp³-hybridized carbons (Fsp3) is 0.381. The molecule has 0 radical (unpaired) electrons. The van der Waals surface area contributed by atoms with Crippen molar-refractivity contribution in [1.29, 1.82) is 0 Å². The van der Waals surface area contributed by atoms with Crippen LogP contribution in [0, 0.1) is 12.7 Å². The molecule has 0 aliphatic rings. The van der Waals surface area contributed by atoms with E-state index in [9.17, 15) is 14.0 Å². The third-order valence-electron chi connectivity index (χ3n) is 4.54. The van der Waals surface area contributed by atoms with E-state index in [1.165, 1.54) is 18.6 Å². The molecule has 0 bridgehead atoms. The maximum Gasteiger partial charge on any atom is 0.346 e. The Morgan fingerprint density at radius 1 is 1.26 bits per heavy atom. The molecule has 0 fully saturated rings. The number of unbranched alkanes of at least 4 members (excludes halogenated alkanes) is 1. The number of hydrogen-bond acceptors (Lipinski definition) is 8. The number of carbonyl (C=O) groups is 1. The summed E-state index contributed by atoms with van der Waals surface area (Å²) in [6, 6.07) is 1.31. The van der Waals surface area contributed by atoms with Gasteiger partial charge in [0.05, 0.1) is 29.6 Å². The predicted octanol–water partition coefficient (Wildman–Crippen LogP) is 2.65. The van der Waals surface area contributed by atoms with Gasteiger partial charge in [0.1, 0.15) is 18.8 Å².